The summed E-state index contributed by atoms with van der Waals surface area (Å²) in [6.07, 6.45) is -6.07. The van der Waals surface area contributed by atoms with Gasteiger partial charge in [-0.2, -0.15) is 9.58 Å². The van der Waals surface area contributed by atoms with Gasteiger partial charge in [-0.25, -0.2) is 0 Å². The zero-order valence-corrected chi connectivity index (χ0v) is 50.5. The number of ketones is 2. The van der Waals surface area contributed by atoms with E-state index in [-0.39, 0.29) is 95.7 Å². The number of carbonyl (C=O) groups excluding carboxylic acids is 2. The third-order valence-electron chi connectivity index (χ3n) is 18.2. The molecule has 2 aliphatic heterocycles. The second kappa shape index (κ2) is 22.3. The van der Waals surface area contributed by atoms with Crippen molar-refractivity contribution >= 4 is 33.1 Å². The smallest absolute Gasteiger partial charge is 0.333 e. The van der Waals surface area contributed by atoms with Gasteiger partial charge in [0.2, 0.25) is 10.9 Å². The van der Waals surface area contributed by atoms with E-state index in [1.54, 1.807) is 13.8 Å². The van der Waals surface area contributed by atoms with Crippen molar-refractivity contribution in [2.75, 3.05) is 55.6 Å². The lowest BCUT2D eigenvalue weighted by atomic mass is 9.55. The van der Waals surface area contributed by atoms with Gasteiger partial charge < -0.3 is 67.9 Å². The van der Waals surface area contributed by atoms with Gasteiger partial charge in [0.25, 0.3) is 0 Å². The van der Waals surface area contributed by atoms with Crippen LogP contribution in [0.5, 0.6) is 23.0 Å². The van der Waals surface area contributed by atoms with Crippen molar-refractivity contribution in [1.29, 1.82) is 0 Å². The number of fused-ring (bicyclic) bond motifs is 10. The number of nitrogens with zero attached hydrogens (tertiary/aromatic N) is 4. The van der Waals surface area contributed by atoms with Gasteiger partial charge in [0.15, 0.2) is 62.2 Å². The van der Waals surface area contributed by atoms with E-state index in [0.717, 1.165) is 33.4 Å². The minimum Gasteiger partial charge on any atom is -0.467 e. The molecule has 454 valence electrons. The van der Waals surface area contributed by atoms with Crippen LogP contribution in [0.25, 0.3) is 32.6 Å². The van der Waals surface area contributed by atoms with Crippen LogP contribution in [0.15, 0.2) is 67.7 Å². The predicted molar refractivity (Wildman–Crippen MR) is 310 cm³/mol. The first-order valence-corrected chi connectivity index (χ1v) is 28.6. The van der Waals surface area contributed by atoms with Gasteiger partial charge in [-0.05, 0) is 101 Å². The summed E-state index contributed by atoms with van der Waals surface area (Å²) in [6.45, 7) is 13.3. The third-order valence-corrected chi connectivity index (χ3v) is 18.2. The first-order chi connectivity index (χ1) is 42.3. The highest BCUT2D eigenvalue weighted by atomic mass is 16.8. The Bertz CT molecular complexity index is 4510. The largest absolute Gasteiger partial charge is 0.467 e. The highest BCUT2D eigenvalue weighted by molar-refractivity contribution is 6.10. The molecule has 2 heterocycles. The minimum atomic E-state index is -2.03. The quantitative estimate of drug-likeness (QED) is 0.0510. The van der Waals surface area contributed by atoms with Crippen LogP contribution in [0, 0.1) is 74.3 Å². The summed E-state index contributed by atoms with van der Waals surface area (Å²) >= 11 is 0. The molecule has 12 rings (SSSR count). The Balaban J connectivity index is 1.25. The topological polar surface area (TPSA) is 286 Å². The van der Waals surface area contributed by atoms with Crippen molar-refractivity contribution in [3.05, 3.63) is 199 Å². The third kappa shape index (κ3) is 8.32. The molecule has 0 spiro atoms. The highest BCUT2D eigenvalue weighted by Crippen LogP contribution is 2.65. The monoisotopic (exact) mass is 1200 g/mol. The van der Waals surface area contributed by atoms with Gasteiger partial charge in [-0.1, -0.05) is 49.2 Å². The number of Topliss-reactive ketones (excluding diaryl/α,β-unsaturated/α-hetero) is 2. The lowest BCUT2D eigenvalue weighted by molar-refractivity contribution is -0.151. The molecule has 88 heavy (non-hydrogen) atoms. The molecule has 0 radical (unpaired) electrons. The molecule has 6 aliphatic carbocycles. The summed E-state index contributed by atoms with van der Waals surface area (Å²) in [4.78, 5) is 105. The molecule has 4 aromatic carbocycles. The molecule has 0 bridgehead atoms. The SMILES string of the molecule is CC[C@@]12O[C@@H](c3c(C)cc(C)cc3C)O[C@@H]1c1c(c3c(=O)c4c(OCOC)ccc(OCOC)c4c(=O)c=3c1=[N+]=[N-])C(=O)C2C1C(=O)c2c(c(=[N+]=[N-])c3c(=O)c4c(OCOC)ccc(OCOC)c4c(=O)c2=3)[C@H]2O[C@H](c3c(C)cc(C)cc3C)O[C@@]12CC. The van der Waals surface area contributed by atoms with Crippen LogP contribution in [0.3, 0.4) is 0 Å². The van der Waals surface area contributed by atoms with Gasteiger partial charge in [-0.3, -0.25) is 28.8 Å². The Morgan fingerprint density at radius 2 is 0.727 bits per heavy atom. The number of aryl methyl sites for hydroxylation is 6. The minimum absolute atomic E-state index is 0.100. The number of carbonyl (C=O) groups is 2. The average Bonchev–Trinajstić information content (AvgIpc) is 1.48. The van der Waals surface area contributed by atoms with Crippen LogP contribution < -0.4 is 51.4 Å². The molecule has 8 atom stereocenters. The number of hydrogen-bond donors (Lipinski definition) is 0. The summed E-state index contributed by atoms with van der Waals surface area (Å²) in [7, 11) is 5.45. The number of benzene rings is 4. The van der Waals surface area contributed by atoms with Crippen molar-refractivity contribution < 1.29 is 76.0 Å². The average molecular weight is 1200 g/mol. The number of rotatable bonds is 17. The summed E-state index contributed by atoms with van der Waals surface area (Å²) in [5.41, 5.74) is 19.9. The maximum atomic E-state index is 17.3. The number of ether oxygens (including phenoxy) is 12. The van der Waals surface area contributed by atoms with Crippen LogP contribution in [0.2, 0.25) is 0 Å². The molecular formula is C66H62N4O18. The van der Waals surface area contributed by atoms with E-state index in [0.29, 0.717) is 11.1 Å². The fourth-order valence-electron chi connectivity index (χ4n) is 15.0. The Hall–Kier alpha value is -8.50. The van der Waals surface area contributed by atoms with Crippen molar-refractivity contribution in [1.82, 2.24) is 0 Å². The first-order valence-electron chi connectivity index (χ1n) is 28.6. The molecule has 0 N–H and O–H groups in total. The Morgan fingerprint density at radius 3 is 0.989 bits per heavy atom. The van der Waals surface area contributed by atoms with Crippen LogP contribution >= 0.6 is 0 Å². The molecule has 2 unspecified atom stereocenters. The van der Waals surface area contributed by atoms with E-state index in [1.165, 1.54) is 52.7 Å². The van der Waals surface area contributed by atoms with E-state index in [2.05, 4.69) is 9.58 Å². The molecule has 2 saturated heterocycles. The summed E-state index contributed by atoms with van der Waals surface area (Å²) in [5.74, 6) is -5.99. The molecule has 2 fully saturated rings. The summed E-state index contributed by atoms with van der Waals surface area (Å²) in [6, 6.07) is 13.3. The normalized spacial score (nSPS) is 22.9. The predicted octanol–water partition coefficient (Wildman–Crippen LogP) is 6.87. The lowest BCUT2D eigenvalue weighted by Crippen LogP contribution is -2.63. The van der Waals surface area contributed by atoms with Gasteiger partial charge in [0, 0.05) is 50.7 Å². The molecule has 4 aromatic rings. The molecule has 0 amide bonds. The van der Waals surface area contributed by atoms with Gasteiger partial charge >= 0.3 is 10.7 Å². The van der Waals surface area contributed by atoms with Crippen molar-refractivity contribution in [2.24, 2.45) is 11.8 Å². The van der Waals surface area contributed by atoms with Crippen molar-refractivity contribution in [3.63, 3.8) is 0 Å². The second-order valence-corrected chi connectivity index (χ2v) is 23.0. The van der Waals surface area contributed by atoms with Gasteiger partial charge in [-0.15, -0.1) is 0 Å². The molecule has 0 saturated carbocycles. The Labute approximate surface area is 500 Å². The van der Waals surface area contributed by atoms with E-state index in [9.17, 15) is 11.1 Å². The fraction of sp³-hybridized carbons (Fsp3) is 0.394. The number of hydrogen-bond acceptors (Lipinski definition) is 18. The maximum Gasteiger partial charge on any atom is 0.333 e. The highest BCUT2D eigenvalue weighted by Gasteiger charge is 2.73. The van der Waals surface area contributed by atoms with Gasteiger partial charge in [0.1, 0.15) is 56.8 Å². The number of methoxy groups -OCH3 is 4. The van der Waals surface area contributed by atoms with E-state index in [4.69, 9.17) is 56.8 Å². The molecule has 0 aromatic heterocycles. The zero-order valence-electron chi connectivity index (χ0n) is 50.5. The fourth-order valence-corrected chi connectivity index (χ4v) is 15.0. The second-order valence-electron chi connectivity index (χ2n) is 23.0. The van der Waals surface area contributed by atoms with Gasteiger partial charge in [0.05, 0.1) is 54.9 Å². The van der Waals surface area contributed by atoms with Crippen LogP contribution in [-0.2, 0) is 37.9 Å². The molecular weight excluding hydrogens is 1140 g/mol. The summed E-state index contributed by atoms with van der Waals surface area (Å²) in [5, 5.41) is -4.08. The Kier molecular flexibility index (Phi) is 15.1. The molecule has 22 nitrogen and oxygen atoms in total. The zero-order chi connectivity index (χ0) is 62.7. The van der Waals surface area contributed by atoms with Crippen LogP contribution in [-0.4, -0.2) is 88.0 Å². The lowest BCUT2D eigenvalue weighted by Gasteiger charge is -2.51. The van der Waals surface area contributed by atoms with Crippen LogP contribution in [0.4, 0.5) is 0 Å². The van der Waals surface area contributed by atoms with E-state index >= 15 is 28.8 Å². The van der Waals surface area contributed by atoms with E-state index in [1.807, 2.05) is 65.8 Å². The maximum absolute atomic E-state index is 17.3. The summed E-state index contributed by atoms with van der Waals surface area (Å²) < 4.78 is 73.8. The first kappa shape index (κ1) is 59.8. The molecule has 22 heteroatoms. The van der Waals surface area contributed by atoms with Crippen LogP contribution in [0.1, 0.15) is 128 Å². The molecule has 8 aliphatic rings. The van der Waals surface area contributed by atoms with E-state index < -0.39 is 124 Å². The standard InChI is InChI=1S/C66H62N4O18/c1-13-65-51(59(75)45-43-47(57(73)41-35(83-25-79-11)17-15-33(81-23-77-9)39(41)55(43)71)53(69-67)49(45)61(65)85-63(87-65)37-29(5)19-27(3)20-30(37)6)52-60(76)46-44-48(58(74)42-36(84-26-80-12)18-16-34(82-24-78-10)40(42)56(44)72)54(70-68)50(46)62-66(52,14-2)88-64(86-62)38-31(7)21-28(4)22-32(38)8/h15-22,51-52,61-64H,13-14,23-26H2,1-12H3/t51?,52?,61-,62-,63+,64+,65+,66+/m1/s1. The Morgan fingerprint density at radius 1 is 0.443 bits per heavy atom. The van der Waals surface area contributed by atoms with Crippen molar-refractivity contribution in [2.45, 2.75) is 104 Å². The van der Waals surface area contributed by atoms with Crippen molar-refractivity contribution in [3.8, 4) is 23.0 Å².